The average Bonchev–Trinajstić information content (AvgIpc) is 2.32. The zero-order valence-corrected chi connectivity index (χ0v) is 12.7. The molecule has 0 aliphatic rings. The highest BCUT2D eigenvalue weighted by Crippen LogP contribution is 2.31. The maximum Gasteiger partial charge on any atom is -0.0389 e. The van der Waals surface area contributed by atoms with Crippen LogP contribution >= 0.6 is 0 Å². The van der Waals surface area contributed by atoms with Gasteiger partial charge in [0.2, 0.25) is 0 Å². The maximum atomic E-state index is 2.46. The SMILES string of the molecule is CCC(C)CCC(C)C(C)C(C)C(C)CC. The van der Waals surface area contributed by atoms with E-state index in [1.807, 2.05) is 0 Å². The molecule has 0 N–H and O–H groups in total. The summed E-state index contributed by atoms with van der Waals surface area (Å²) in [5.41, 5.74) is 0. The Labute approximate surface area is 104 Å². The van der Waals surface area contributed by atoms with Gasteiger partial charge in [0.05, 0.1) is 0 Å². The molecule has 0 aromatic carbocycles. The first kappa shape index (κ1) is 16.0. The monoisotopic (exact) mass is 226 g/mol. The van der Waals surface area contributed by atoms with Crippen molar-refractivity contribution in [3.05, 3.63) is 0 Å². The summed E-state index contributed by atoms with van der Waals surface area (Å²) in [6, 6.07) is 0. The van der Waals surface area contributed by atoms with Gasteiger partial charge in [0.1, 0.15) is 0 Å². The first-order chi connectivity index (χ1) is 7.43. The van der Waals surface area contributed by atoms with Crippen LogP contribution in [0.1, 0.15) is 74.1 Å². The smallest absolute Gasteiger partial charge is 0.0389 e. The highest BCUT2D eigenvalue weighted by atomic mass is 14.3. The second-order valence-electron chi connectivity index (χ2n) is 6.17. The van der Waals surface area contributed by atoms with Crippen LogP contribution in [0, 0.1) is 29.6 Å². The topological polar surface area (TPSA) is 0 Å². The molecule has 0 aliphatic carbocycles. The van der Waals surface area contributed by atoms with Crippen LogP contribution in [-0.2, 0) is 0 Å². The molecule has 5 atom stereocenters. The molecule has 0 spiro atoms. The summed E-state index contributed by atoms with van der Waals surface area (Å²) in [5, 5.41) is 0. The zero-order valence-electron chi connectivity index (χ0n) is 12.7. The third-order valence-corrected chi connectivity index (χ3v) is 5.08. The van der Waals surface area contributed by atoms with Crippen molar-refractivity contribution >= 4 is 0 Å². The minimum atomic E-state index is 0.872. The fourth-order valence-corrected chi connectivity index (χ4v) is 2.42. The summed E-state index contributed by atoms with van der Waals surface area (Å²) in [6.07, 6.45) is 5.48. The largest absolute Gasteiger partial charge is 0.0651 e. The van der Waals surface area contributed by atoms with Gasteiger partial charge in [-0.05, 0) is 29.6 Å². The third kappa shape index (κ3) is 5.37. The van der Waals surface area contributed by atoms with Gasteiger partial charge in [-0.3, -0.25) is 0 Å². The molecular formula is C16H34. The van der Waals surface area contributed by atoms with Gasteiger partial charge in [-0.1, -0.05) is 74.1 Å². The molecule has 5 unspecified atom stereocenters. The van der Waals surface area contributed by atoms with E-state index >= 15 is 0 Å². The molecule has 0 heterocycles. The van der Waals surface area contributed by atoms with Crippen LogP contribution in [0.2, 0.25) is 0 Å². The zero-order chi connectivity index (χ0) is 12.7. The average molecular weight is 226 g/mol. The normalized spacial score (nSPS) is 21.2. The Morgan fingerprint density at radius 3 is 1.56 bits per heavy atom. The van der Waals surface area contributed by atoms with Gasteiger partial charge in [-0.2, -0.15) is 0 Å². The molecule has 0 radical (unpaired) electrons. The van der Waals surface area contributed by atoms with Crippen molar-refractivity contribution in [1.82, 2.24) is 0 Å². The standard InChI is InChI=1S/C16H34/c1-8-12(3)10-11-14(5)16(7)15(6)13(4)9-2/h12-16H,8-11H2,1-7H3. The molecule has 0 aliphatic heterocycles. The Morgan fingerprint density at radius 2 is 1.12 bits per heavy atom. The second kappa shape index (κ2) is 8.14. The molecule has 16 heavy (non-hydrogen) atoms. The molecule has 0 aromatic heterocycles. The van der Waals surface area contributed by atoms with Crippen molar-refractivity contribution in [3.63, 3.8) is 0 Å². The first-order valence-electron chi connectivity index (χ1n) is 7.43. The molecule has 0 rings (SSSR count). The number of hydrogen-bond donors (Lipinski definition) is 0. The quantitative estimate of drug-likeness (QED) is 0.493. The van der Waals surface area contributed by atoms with E-state index in [-0.39, 0.29) is 0 Å². The van der Waals surface area contributed by atoms with E-state index in [2.05, 4.69) is 48.5 Å². The van der Waals surface area contributed by atoms with Gasteiger partial charge in [0, 0.05) is 0 Å². The van der Waals surface area contributed by atoms with Gasteiger partial charge in [-0.25, -0.2) is 0 Å². The minimum Gasteiger partial charge on any atom is -0.0651 e. The molecule has 0 heteroatoms. The lowest BCUT2D eigenvalue weighted by Crippen LogP contribution is -2.22. The molecule has 0 bridgehead atoms. The molecule has 0 fully saturated rings. The van der Waals surface area contributed by atoms with Gasteiger partial charge in [-0.15, -0.1) is 0 Å². The van der Waals surface area contributed by atoms with Crippen LogP contribution in [0.3, 0.4) is 0 Å². The van der Waals surface area contributed by atoms with E-state index in [0.717, 1.165) is 29.6 Å². The van der Waals surface area contributed by atoms with Crippen LogP contribution in [0.25, 0.3) is 0 Å². The molecular weight excluding hydrogens is 192 g/mol. The maximum absolute atomic E-state index is 2.46. The van der Waals surface area contributed by atoms with Gasteiger partial charge in [0.25, 0.3) is 0 Å². The van der Waals surface area contributed by atoms with Crippen molar-refractivity contribution in [1.29, 1.82) is 0 Å². The van der Waals surface area contributed by atoms with Crippen LogP contribution in [0.4, 0.5) is 0 Å². The molecule has 0 saturated carbocycles. The van der Waals surface area contributed by atoms with Gasteiger partial charge in [0.15, 0.2) is 0 Å². The summed E-state index contributed by atoms with van der Waals surface area (Å²) in [4.78, 5) is 0. The molecule has 0 aromatic rings. The fraction of sp³-hybridized carbons (Fsp3) is 1.00. The van der Waals surface area contributed by atoms with Crippen molar-refractivity contribution < 1.29 is 0 Å². The Bertz CT molecular complexity index is 161. The van der Waals surface area contributed by atoms with Crippen LogP contribution in [0.5, 0.6) is 0 Å². The fourth-order valence-electron chi connectivity index (χ4n) is 2.42. The molecule has 0 saturated heterocycles. The van der Waals surface area contributed by atoms with Crippen LogP contribution in [-0.4, -0.2) is 0 Å². The van der Waals surface area contributed by atoms with E-state index in [9.17, 15) is 0 Å². The van der Waals surface area contributed by atoms with Crippen molar-refractivity contribution in [2.24, 2.45) is 29.6 Å². The number of hydrogen-bond acceptors (Lipinski definition) is 0. The van der Waals surface area contributed by atoms with E-state index < -0.39 is 0 Å². The van der Waals surface area contributed by atoms with E-state index in [1.54, 1.807) is 0 Å². The number of rotatable bonds is 8. The Kier molecular flexibility index (Phi) is 8.14. The van der Waals surface area contributed by atoms with E-state index in [4.69, 9.17) is 0 Å². The first-order valence-corrected chi connectivity index (χ1v) is 7.43. The predicted octanol–water partition coefficient (Wildman–Crippen LogP) is 5.77. The van der Waals surface area contributed by atoms with Crippen LogP contribution < -0.4 is 0 Å². The highest BCUT2D eigenvalue weighted by Gasteiger charge is 2.22. The predicted molar refractivity (Wildman–Crippen MR) is 75.6 cm³/mol. The van der Waals surface area contributed by atoms with E-state index in [0.29, 0.717) is 0 Å². The Hall–Kier alpha value is 0. The van der Waals surface area contributed by atoms with Crippen molar-refractivity contribution in [2.45, 2.75) is 74.1 Å². The lowest BCUT2D eigenvalue weighted by molar-refractivity contribution is 0.194. The molecule has 0 nitrogen and oxygen atoms in total. The summed E-state index contributed by atoms with van der Waals surface area (Å²) in [6.45, 7) is 16.8. The lowest BCUT2D eigenvalue weighted by Gasteiger charge is -2.30. The van der Waals surface area contributed by atoms with Gasteiger partial charge < -0.3 is 0 Å². The van der Waals surface area contributed by atoms with E-state index in [1.165, 1.54) is 25.7 Å². The third-order valence-electron chi connectivity index (χ3n) is 5.08. The van der Waals surface area contributed by atoms with Crippen molar-refractivity contribution in [3.8, 4) is 0 Å². The van der Waals surface area contributed by atoms with Crippen LogP contribution in [0.15, 0.2) is 0 Å². The minimum absolute atomic E-state index is 0.872. The molecule has 98 valence electrons. The summed E-state index contributed by atoms with van der Waals surface area (Å²) in [5.74, 6) is 4.42. The molecule has 0 amide bonds. The van der Waals surface area contributed by atoms with Crippen molar-refractivity contribution in [2.75, 3.05) is 0 Å². The van der Waals surface area contributed by atoms with Gasteiger partial charge >= 0.3 is 0 Å². The highest BCUT2D eigenvalue weighted by molar-refractivity contribution is 4.72. The Balaban J connectivity index is 4.02. The summed E-state index contributed by atoms with van der Waals surface area (Å²) < 4.78 is 0. The lowest BCUT2D eigenvalue weighted by atomic mass is 9.75. The summed E-state index contributed by atoms with van der Waals surface area (Å²) in [7, 11) is 0. The summed E-state index contributed by atoms with van der Waals surface area (Å²) >= 11 is 0. The second-order valence-corrected chi connectivity index (χ2v) is 6.17. The Morgan fingerprint density at radius 1 is 0.625 bits per heavy atom.